The van der Waals surface area contributed by atoms with Gasteiger partial charge in [0.2, 0.25) is 5.91 Å². The lowest BCUT2D eigenvalue weighted by Gasteiger charge is -2.50. The van der Waals surface area contributed by atoms with Gasteiger partial charge in [0.05, 0.1) is 5.92 Å². The maximum Gasteiger partial charge on any atom is 0.391 e. The molecule has 3 rings (SSSR count). The summed E-state index contributed by atoms with van der Waals surface area (Å²) in [7, 11) is 0. The van der Waals surface area contributed by atoms with Crippen LogP contribution >= 0.6 is 0 Å². The summed E-state index contributed by atoms with van der Waals surface area (Å²) >= 11 is 0. The molecule has 1 aromatic rings. The molecular formula is C20H24F5N3O2. The van der Waals surface area contributed by atoms with Gasteiger partial charge in [-0.3, -0.25) is 4.79 Å². The highest BCUT2D eigenvalue weighted by Gasteiger charge is 2.54. The van der Waals surface area contributed by atoms with Gasteiger partial charge in [-0.05, 0) is 56.2 Å². The van der Waals surface area contributed by atoms with Crippen LogP contribution in [-0.2, 0) is 4.79 Å². The molecule has 3 amide bonds. The van der Waals surface area contributed by atoms with Crippen LogP contribution in [0.25, 0.3) is 0 Å². The van der Waals surface area contributed by atoms with E-state index in [0.717, 1.165) is 12.1 Å². The van der Waals surface area contributed by atoms with Gasteiger partial charge in [-0.1, -0.05) is 6.07 Å². The van der Waals surface area contributed by atoms with E-state index in [2.05, 4.69) is 5.32 Å². The molecule has 1 heterocycles. The van der Waals surface area contributed by atoms with E-state index in [4.69, 9.17) is 5.73 Å². The SMILES string of the molecule is CC1([C@@H](c2ccc(F)c(F)c2)C2CCC(C(F)(F)F)CC2)C(=O)NCCN1C(N)=O. The van der Waals surface area contributed by atoms with Crippen molar-refractivity contribution >= 4 is 11.9 Å². The Morgan fingerprint density at radius 2 is 1.83 bits per heavy atom. The lowest BCUT2D eigenvalue weighted by Crippen LogP contribution is -2.69. The van der Waals surface area contributed by atoms with Crippen molar-refractivity contribution in [1.29, 1.82) is 0 Å². The number of primary amides is 1. The Balaban J connectivity index is 2.05. The second kappa shape index (κ2) is 8.03. The van der Waals surface area contributed by atoms with Crippen molar-refractivity contribution < 1.29 is 31.5 Å². The highest BCUT2D eigenvalue weighted by atomic mass is 19.4. The number of carbonyl (C=O) groups is 2. The van der Waals surface area contributed by atoms with Gasteiger partial charge in [-0.25, -0.2) is 13.6 Å². The smallest absolute Gasteiger partial charge is 0.352 e. The first-order valence-corrected chi connectivity index (χ1v) is 9.83. The first-order valence-electron chi connectivity index (χ1n) is 9.83. The molecule has 1 saturated heterocycles. The van der Waals surface area contributed by atoms with Crippen molar-refractivity contribution in [1.82, 2.24) is 10.2 Å². The highest BCUT2D eigenvalue weighted by molar-refractivity contribution is 5.92. The maximum absolute atomic E-state index is 14.0. The van der Waals surface area contributed by atoms with Gasteiger partial charge in [-0.15, -0.1) is 0 Å². The van der Waals surface area contributed by atoms with Crippen LogP contribution in [0.5, 0.6) is 0 Å². The van der Waals surface area contributed by atoms with Gasteiger partial charge < -0.3 is 16.0 Å². The average molecular weight is 433 g/mol. The predicted molar refractivity (Wildman–Crippen MR) is 98.3 cm³/mol. The van der Waals surface area contributed by atoms with E-state index in [9.17, 15) is 31.5 Å². The quantitative estimate of drug-likeness (QED) is 0.714. The highest BCUT2D eigenvalue weighted by Crippen LogP contribution is 2.49. The van der Waals surface area contributed by atoms with Crippen molar-refractivity contribution in [2.24, 2.45) is 17.6 Å². The molecule has 0 aromatic heterocycles. The summed E-state index contributed by atoms with van der Waals surface area (Å²) in [5.41, 5.74) is 4.20. The van der Waals surface area contributed by atoms with Crippen LogP contribution in [-0.4, -0.2) is 41.6 Å². The fourth-order valence-corrected chi connectivity index (χ4v) is 5.00. The summed E-state index contributed by atoms with van der Waals surface area (Å²) < 4.78 is 67.0. The summed E-state index contributed by atoms with van der Waals surface area (Å²) in [6.07, 6.45) is -4.33. The Hall–Kier alpha value is -2.39. The zero-order chi connectivity index (χ0) is 22.3. The number of halogens is 5. The number of amides is 3. The fourth-order valence-electron chi connectivity index (χ4n) is 5.00. The molecule has 5 nitrogen and oxygen atoms in total. The minimum absolute atomic E-state index is 0.107. The van der Waals surface area contributed by atoms with Crippen molar-refractivity contribution in [3.8, 4) is 0 Å². The van der Waals surface area contributed by atoms with Crippen LogP contribution in [0, 0.1) is 23.5 Å². The number of rotatable bonds is 3. The predicted octanol–water partition coefficient (Wildman–Crippen LogP) is 3.69. The second-order valence-corrected chi connectivity index (χ2v) is 8.20. The van der Waals surface area contributed by atoms with E-state index in [1.54, 1.807) is 0 Å². The number of nitrogens with one attached hydrogen (secondary N) is 1. The standard InChI is InChI=1S/C20H24F5N3O2/c1-19(17(29)27-8-9-28(19)18(26)30)16(12-4-7-14(21)15(22)10-12)11-2-5-13(6-3-11)20(23,24)25/h4,7,10-11,13,16H,2-3,5-6,8-9H2,1H3,(H2,26,30)(H,27,29)/t11?,13?,16-,19?/m1/s1. The van der Waals surface area contributed by atoms with Crippen LogP contribution in [0.15, 0.2) is 18.2 Å². The third-order valence-corrected chi connectivity index (χ3v) is 6.52. The molecule has 2 aliphatic rings. The summed E-state index contributed by atoms with van der Waals surface area (Å²) in [6.45, 7) is 1.76. The number of piperazine rings is 1. The monoisotopic (exact) mass is 433 g/mol. The van der Waals surface area contributed by atoms with E-state index in [1.807, 2.05) is 0 Å². The van der Waals surface area contributed by atoms with Gasteiger partial charge in [0.15, 0.2) is 11.6 Å². The number of hydrogen-bond donors (Lipinski definition) is 2. The Morgan fingerprint density at radius 1 is 1.20 bits per heavy atom. The third-order valence-electron chi connectivity index (χ3n) is 6.52. The van der Waals surface area contributed by atoms with Crippen molar-refractivity contribution in [3.05, 3.63) is 35.4 Å². The molecule has 0 bridgehead atoms. The molecule has 1 aromatic carbocycles. The van der Waals surface area contributed by atoms with E-state index in [1.165, 1.54) is 17.9 Å². The Bertz CT molecular complexity index is 823. The summed E-state index contributed by atoms with van der Waals surface area (Å²) in [6, 6.07) is 2.31. The number of urea groups is 1. The first kappa shape index (κ1) is 22.3. The number of hydrogen-bond acceptors (Lipinski definition) is 2. The van der Waals surface area contributed by atoms with Crippen LogP contribution < -0.4 is 11.1 Å². The van der Waals surface area contributed by atoms with Crippen LogP contribution in [0.1, 0.15) is 44.1 Å². The van der Waals surface area contributed by atoms with Gasteiger partial charge in [0, 0.05) is 19.0 Å². The molecular weight excluding hydrogens is 409 g/mol. The fraction of sp³-hybridized carbons (Fsp3) is 0.600. The molecule has 3 N–H and O–H groups in total. The molecule has 1 saturated carbocycles. The minimum Gasteiger partial charge on any atom is -0.352 e. The molecule has 30 heavy (non-hydrogen) atoms. The van der Waals surface area contributed by atoms with Crippen molar-refractivity contribution in [2.45, 2.75) is 50.2 Å². The maximum atomic E-state index is 14.0. The van der Waals surface area contributed by atoms with Crippen molar-refractivity contribution in [2.75, 3.05) is 13.1 Å². The van der Waals surface area contributed by atoms with Gasteiger partial charge in [-0.2, -0.15) is 13.2 Å². The average Bonchev–Trinajstić information content (AvgIpc) is 2.66. The third kappa shape index (κ3) is 3.96. The number of nitrogens with zero attached hydrogens (tertiary/aromatic N) is 1. The van der Waals surface area contributed by atoms with Crippen LogP contribution in [0.2, 0.25) is 0 Å². The van der Waals surface area contributed by atoms with Gasteiger partial charge in [0.1, 0.15) is 5.54 Å². The van der Waals surface area contributed by atoms with Gasteiger partial charge in [0.25, 0.3) is 0 Å². The topological polar surface area (TPSA) is 75.4 Å². The van der Waals surface area contributed by atoms with Crippen LogP contribution in [0.4, 0.5) is 26.7 Å². The minimum atomic E-state index is -4.31. The number of benzene rings is 1. The first-order chi connectivity index (χ1) is 14.0. The molecule has 0 radical (unpaired) electrons. The number of nitrogens with two attached hydrogens (primary N) is 1. The van der Waals surface area contributed by atoms with Crippen LogP contribution in [0.3, 0.4) is 0 Å². The lowest BCUT2D eigenvalue weighted by atomic mass is 9.65. The van der Waals surface area contributed by atoms with E-state index in [0.29, 0.717) is 0 Å². The Morgan fingerprint density at radius 3 is 2.37 bits per heavy atom. The molecule has 1 aliphatic carbocycles. The summed E-state index contributed by atoms with van der Waals surface area (Å²) in [5.74, 6) is -5.49. The number of alkyl halides is 3. The zero-order valence-electron chi connectivity index (χ0n) is 16.4. The number of carbonyl (C=O) groups excluding carboxylic acids is 2. The largest absolute Gasteiger partial charge is 0.391 e. The molecule has 2 atom stereocenters. The molecule has 2 fully saturated rings. The second-order valence-electron chi connectivity index (χ2n) is 8.20. The molecule has 1 unspecified atom stereocenters. The summed E-state index contributed by atoms with van der Waals surface area (Å²) in [4.78, 5) is 26.3. The lowest BCUT2D eigenvalue weighted by molar-refractivity contribution is -0.185. The molecule has 0 spiro atoms. The van der Waals surface area contributed by atoms with Gasteiger partial charge >= 0.3 is 12.2 Å². The molecule has 166 valence electrons. The van der Waals surface area contributed by atoms with E-state index < -0.39 is 53.0 Å². The molecule has 1 aliphatic heterocycles. The Labute approximate surface area is 170 Å². The van der Waals surface area contributed by atoms with E-state index in [-0.39, 0.29) is 44.3 Å². The Kier molecular flexibility index (Phi) is 5.97. The normalized spacial score (nSPS) is 28.7. The molecule has 10 heteroatoms. The van der Waals surface area contributed by atoms with E-state index >= 15 is 0 Å². The van der Waals surface area contributed by atoms with Crippen molar-refractivity contribution in [3.63, 3.8) is 0 Å². The summed E-state index contributed by atoms with van der Waals surface area (Å²) in [5, 5.41) is 2.67. The zero-order valence-corrected chi connectivity index (χ0v) is 16.4.